The lowest BCUT2D eigenvalue weighted by atomic mass is 9.76. The zero-order chi connectivity index (χ0) is 62.5. The zero-order valence-corrected chi connectivity index (χ0v) is 49.9. The Morgan fingerprint density at radius 2 is 1.01 bits per heavy atom. The number of nitrogens with two attached hydrogens (primary N) is 1. The number of nitrogen functional groups attached to an aromatic ring is 1. The topological polar surface area (TPSA) is 316 Å². The maximum Gasteiger partial charge on any atom is 0.407 e. The van der Waals surface area contributed by atoms with Crippen molar-refractivity contribution in [1.29, 1.82) is 0 Å². The Labute approximate surface area is 483 Å². The summed E-state index contributed by atoms with van der Waals surface area (Å²) in [5, 5.41) is 39.0. The second-order valence-corrected chi connectivity index (χ2v) is 22.9. The molecular weight excluding hydrogens is 1050 g/mol. The molecule has 0 fully saturated rings. The minimum absolute atomic E-state index is 0.0406. The van der Waals surface area contributed by atoms with E-state index in [0.29, 0.717) is 60.4 Å². The number of carbonyl (C=O) groups excluding carboxylic acids is 8. The van der Waals surface area contributed by atoms with Gasteiger partial charge in [0.1, 0.15) is 30.3 Å². The van der Waals surface area contributed by atoms with Gasteiger partial charge in [-0.2, -0.15) is 19.2 Å². The fourth-order valence-electron chi connectivity index (χ4n) is 7.35. The number of phenolic OH excluding ortho intramolecular Hbond substituents is 2. The largest absolute Gasteiger partial charge is 0.506 e. The molecule has 4 aromatic carbocycles. The third-order valence-electron chi connectivity index (χ3n) is 12.7. The summed E-state index contributed by atoms with van der Waals surface area (Å²) in [6.07, 6.45) is 3.39. The van der Waals surface area contributed by atoms with Crippen molar-refractivity contribution in [2.45, 2.75) is 159 Å². The van der Waals surface area contributed by atoms with Gasteiger partial charge in [-0.1, -0.05) is 135 Å². The molecule has 4 rings (SSSR count). The van der Waals surface area contributed by atoms with E-state index in [1.165, 1.54) is 18.1 Å². The number of hydrogen-bond donors (Lipinski definition) is 8. The highest BCUT2D eigenvalue weighted by molar-refractivity contribution is 5.92. The van der Waals surface area contributed by atoms with Crippen molar-refractivity contribution in [3.05, 3.63) is 119 Å². The molecule has 4 atom stereocenters. The molecule has 9 N–H and O–H groups in total. The van der Waals surface area contributed by atoms with E-state index in [2.05, 4.69) is 83.6 Å². The van der Waals surface area contributed by atoms with Gasteiger partial charge in [0, 0.05) is 32.0 Å². The number of carboxylic acid groups (broad SMARTS) is 1. The fraction of sp³-hybridized carbons (Fsp3) is 0.500. The van der Waals surface area contributed by atoms with Crippen LogP contribution >= 0.6 is 0 Å². The van der Waals surface area contributed by atoms with E-state index in [4.69, 9.17) is 44.2 Å². The van der Waals surface area contributed by atoms with Crippen LogP contribution in [-0.2, 0) is 69.0 Å². The van der Waals surface area contributed by atoms with Gasteiger partial charge in [0.25, 0.3) is 0 Å². The Hall–Kier alpha value is -8.21. The zero-order valence-electron chi connectivity index (χ0n) is 49.9. The predicted octanol–water partition coefficient (Wildman–Crippen LogP) is 11.4. The molecule has 20 nitrogen and oxygen atoms in total. The molecule has 0 aromatic heterocycles. The van der Waals surface area contributed by atoms with Crippen molar-refractivity contribution in [2.24, 2.45) is 28.6 Å². The van der Waals surface area contributed by atoms with E-state index >= 15 is 0 Å². The van der Waals surface area contributed by atoms with Crippen LogP contribution in [-0.4, -0.2) is 82.5 Å². The van der Waals surface area contributed by atoms with Crippen LogP contribution in [0.25, 0.3) is 0 Å². The number of anilines is 2. The van der Waals surface area contributed by atoms with Crippen LogP contribution in [0.5, 0.6) is 11.5 Å². The lowest BCUT2D eigenvalue weighted by molar-refractivity contribution is -0.193. The lowest BCUT2D eigenvalue weighted by Gasteiger charge is -2.32. The first kappa shape index (κ1) is 73.8. The van der Waals surface area contributed by atoms with Crippen molar-refractivity contribution < 1.29 is 72.7 Å². The van der Waals surface area contributed by atoms with Gasteiger partial charge in [-0.05, 0) is 134 Å². The standard InChI is InChI=1S/C32H47N3O6.C16H27NO.C12H15NO4.2CO2/c1-22(31(2,3)4)18-25(34-30(39)41-32(5,6)7)19-24-15-16-27(36)26(20-24)35-28(37)14-11-17-33-29(38)40-21-23-12-9-8-10-13-23;1-11(8-12(2)16(3,4)5)9-13-6-7-15(18)14(17)10-13;14-11(15)7-4-8-13-12(16)17-9-10-5-2-1-3-6-10;2*2-1-3/h8-10,12-13,15-16,20,22,25,36H,11,14,17-19,21H2,1-7H3,(H,33,38)(H,34,39)(H,35,37);6-7,10-12,18H,8-9,17H2,1-5H3;1-3,5-6H,4,7-9H2,(H,13,16)(H,14,15);;/t22?,25-;11-,12?;;;/m11.../s1. The molecule has 452 valence electrons. The SMILES string of the molecule is CC(C[C@@H](C)Cc1ccc(O)c(N)c1)C(C)(C)C.CC(C[C@H](Cc1ccc(O)c(NC(=O)CCCNC(=O)OCc2ccccc2)c1)NC(=O)OC(C)(C)C)C(C)(C)C.O=C(O)CCCNC(=O)OCc1ccccc1.O=C=O.O=C=O. The van der Waals surface area contributed by atoms with Gasteiger partial charge in [0.15, 0.2) is 0 Å². The predicted molar refractivity (Wildman–Crippen MR) is 311 cm³/mol. The van der Waals surface area contributed by atoms with E-state index < -0.39 is 29.9 Å². The highest BCUT2D eigenvalue weighted by atomic mass is 16.6. The molecule has 0 aliphatic heterocycles. The molecule has 0 bridgehead atoms. The summed E-state index contributed by atoms with van der Waals surface area (Å²) in [5.41, 5.74) is 10.1. The molecule has 82 heavy (non-hydrogen) atoms. The summed E-state index contributed by atoms with van der Waals surface area (Å²) < 4.78 is 15.6. The molecule has 0 heterocycles. The average molecular weight is 1140 g/mol. The second kappa shape index (κ2) is 39.2. The van der Waals surface area contributed by atoms with Crippen LogP contribution in [0.15, 0.2) is 97.1 Å². The van der Waals surface area contributed by atoms with Gasteiger partial charge >= 0.3 is 36.6 Å². The van der Waals surface area contributed by atoms with Crippen LogP contribution in [0.3, 0.4) is 0 Å². The number of amides is 4. The molecule has 4 aromatic rings. The number of alkyl carbamates (subject to hydrolysis) is 3. The summed E-state index contributed by atoms with van der Waals surface area (Å²) in [6.45, 7) is 26.6. The van der Waals surface area contributed by atoms with Gasteiger partial charge in [0.05, 0.1) is 11.4 Å². The minimum atomic E-state index is -0.871. The maximum atomic E-state index is 12.6. The first-order chi connectivity index (χ1) is 38.3. The van der Waals surface area contributed by atoms with Crippen LogP contribution in [0.1, 0.15) is 144 Å². The van der Waals surface area contributed by atoms with E-state index in [0.717, 1.165) is 29.5 Å². The summed E-state index contributed by atoms with van der Waals surface area (Å²) in [5.74, 6) is 0.595. The average Bonchev–Trinajstić information content (AvgIpc) is 3.37. The normalized spacial score (nSPS) is 12.1. The number of aliphatic carboxylic acids is 1. The molecule has 0 saturated carbocycles. The Morgan fingerprint density at radius 3 is 1.45 bits per heavy atom. The number of nitrogens with one attached hydrogen (secondary N) is 4. The minimum Gasteiger partial charge on any atom is -0.506 e. The molecule has 0 aliphatic rings. The van der Waals surface area contributed by atoms with Gasteiger partial charge in [0.2, 0.25) is 5.91 Å². The van der Waals surface area contributed by atoms with Gasteiger partial charge < -0.3 is 56.5 Å². The van der Waals surface area contributed by atoms with Gasteiger partial charge in [-0.3, -0.25) is 9.59 Å². The van der Waals surface area contributed by atoms with Crippen molar-refractivity contribution in [3.63, 3.8) is 0 Å². The van der Waals surface area contributed by atoms with Crippen molar-refractivity contribution >= 4 is 53.8 Å². The third-order valence-corrected chi connectivity index (χ3v) is 12.7. The van der Waals surface area contributed by atoms with Crippen molar-refractivity contribution in [2.75, 3.05) is 24.1 Å². The molecule has 2 unspecified atom stereocenters. The van der Waals surface area contributed by atoms with E-state index in [9.17, 15) is 34.2 Å². The molecule has 0 spiro atoms. The van der Waals surface area contributed by atoms with Gasteiger partial charge in [-0.15, -0.1) is 0 Å². The Morgan fingerprint density at radius 1 is 0.573 bits per heavy atom. The van der Waals surface area contributed by atoms with Crippen molar-refractivity contribution in [1.82, 2.24) is 16.0 Å². The highest BCUT2D eigenvalue weighted by Crippen LogP contribution is 2.33. The number of carboxylic acids is 1. The van der Waals surface area contributed by atoms with Crippen LogP contribution in [0.2, 0.25) is 0 Å². The van der Waals surface area contributed by atoms with E-state index in [1.807, 2.05) is 93.6 Å². The molecule has 0 saturated heterocycles. The van der Waals surface area contributed by atoms with Crippen LogP contribution in [0, 0.1) is 28.6 Å². The van der Waals surface area contributed by atoms with Gasteiger partial charge in [-0.25, -0.2) is 14.4 Å². The number of hydrogen-bond acceptors (Lipinski definition) is 15. The monoisotopic (exact) mass is 1140 g/mol. The molecule has 4 amide bonds. The summed E-state index contributed by atoms with van der Waals surface area (Å²) in [7, 11) is 0. The van der Waals surface area contributed by atoms with E-state index in [1.54, 1.807) is 18.2 Å². The molecule has 20 heteroatoms. The first-order valence-corrected chi connectivity index (χ1v) is 27.1. The number of benzene rings is 4. The summed E-state index contributed by atoms with van der Waals surface area (Å²) >= 11 is 0. The quantitative estimate of drug-likeness (QED) is 0.0157. The maximum absolute atomic E-state index is 12.6. The Bertz CT molecular complexity index is 2570. The third kappa shape index (κ3) is 36.9. The summed E-state index contributed by atoms with van der Waals surface area (Å²) in [4.78, 5) is 90.9. The van der Waals surface area contributed by atoms with E-state index in [-0.39, 0.29) is 73.8 Å². The Balaban J connectivity index is 0.00000131. The Kier molecular flexibility index (Phi) is 35.3. The first-order valence-electron chi connectivity index (χ1n) is 27.1. The van der Waals surface area contributed by atoms with Crippen molar-refractivity contribution in [3.8, 4) is 11.5 Å². The van der Waals surface area contributed by atoms with Crippen LogP contribution in [0.4, 0.5) is 25.8 Å². The number of ether oxygens (including phenoxy) is 3. The number of carbonyl (C=O) groups is 5. The van der Waals surface area contributed by atoms with Crippen LogP contribution < -0.4 is 27.0 Å². The summed E-state index contributed by atoms with van der Waals surface area (Å²) in [6, 6.07) is 29.1. The molecule has 0 aliphatic carbocycles. The highest BCUT2D eigenvalue weighted by Gasteiger charge is 2.27. The molecule has 0 radical (unpaired) electrons. The fourth-order valence-corrected chi connectivity index (χ4v) is 7.35. The second-order valence-electron chi connectivity index (χ2n) is 22.9. The number of aromatic hydroxyl groups is 2. The smallest absolute Gasteiger partial charge is 0.407 e. The lowest BCUT2D eigenvalue weighted by Crippen LogP contribution is -2.42. The number of phenols is 2. The number of rotatable bonds is 22. The molecular formula is C62H89N5O15.